The van der Waals surface area contributed by atoms with E-state index in [2.05, 4.69) is 20.2 Å². The lowest BCUT2D eigenvalue weighted by atomic mass is 9.85. The van der Waals surface area contributed by atoms with Crippen molar-refractivity contribution in [2.75, 3.05) is 10.6 Å². The second-order valence-electron chi connectivity index (χ2n) is 9.11. The fourth-order valence-corrected chi connectivity index (χ4v) is 5.95. The summed E-state index contributed by atoms with van der Waals surface area (Å²) in [6, 6.07) is 3.74. The number of hydrogen-bond donors (Lipinski definition) is 3. The average molecular weight is 523 g/mol. The number of hydrogen-bond acceptors (Lipinski definition) is 6. The summed E-state index contributed by atoms with van der Waals surface area (Å²) in [7, 11) is 0. The molecule has 8 nitrogen and oxygen atoms in total. The highest BCUT2D eigenvalue weighted by Gasteiger charge is 2.29. The van der Waals surface area contributed by atoms with E-state index in [4.69, 9.17) is 50.5 Å². The highest BCUT2D eigenvalue weighted by molar-refractivity contribution is 6.41. The number of aromatic nitrogens is 4. The molecule has 2 heterocycles. The van der Waals surface area contributed by atoms with E-state index in [0.717, 1.165) is 44.2 Å². The lowest BCUT2D eigenvalue weighted by Crippen LogP contribution is -2.28. The molecule has 34 heavy (non-hydrogen) atoms. The van der Waals surface area contributed by atoms with Gasteiger partial charge in [-0.05, 0) is 50.7 Å². The van der Waals surface area contributed by atoms with Crippen LogP contribution in [0.2, 0.25) is 15.1 Å². The summed E-state index contributed by atoms with van der Waals surface area (Å²) in [6.07, 6.45) is 9.43. The molecule has 4 N–H and O–H groups in total. The van der Waals surface area contributed by atoms with Crippen LogP contribution in [-0.2, 0) is 4.79 Å². The number of nitrogens with two attached hydrogens (primary N) is 1. The summed E-state index contributed by atoms with van der Waals surface area (Å²) in [6.45, 7) is 0. The summed E-state index contributed by atoms with van der Waals surface area (Å²) in [5, 5.41) is 8.00. The van der Waals surface area contributed by atoms with Crippen LogP contribution in [0.15, 0.2) is 18.3 Å². The highest BCUT2D eigenvalue weighted by atomic mass is 35.5. The molecular weight excluding hydrogens is 497 g/mol. The van der Waals surface area contributed by atoms with Gasteiger partial charge in [-0.3, -0.25) is 9.36 Å². The maximum absolute atomic E-state index is 11.7. The van der Waals surface area contributed by atoms with Gasteiger partial charge in [-0.15, -0.1) is 0 Å². The Morgan fingerprint density at radius 1 is 1.00 bits per heavy atom. The molecule has 2 aromatic heterocycles. The van der Waals surface area contributed by atoms with Gasteiger partial charge in [-0.25, -0.2) is 9.97 Å². The molecule has 180 valence electrons. The van der Waals surface area contributed by atoms with Crippen molar-refractivity contribution in [1.82, 2.24) is 19.5 Å². The molecular formula is C23H26Cl3N7O. The molecule has 2 saturated carbocycles. The summed E-state index contributed by atoms with van der Waals surface area (Å²) >= 11 is 19.0. The Morgan fingerprint density at radius 2 is 1.68 bits per heavy atom. The van der Waals surface area contributed by atoms with Crippen molar-refractivity contribution in [3.8, 4) is 0 Å². The molecule has 0 atom stereocenters. The molecule has 2 aliphatic rings. The first-order valence-electron chi connectivity index (χ1n) is 11.6. The third-order valence-electron chi connectivity index (χ3n) is 6.83. The summed E-state index contributed by atoms with van der Waals surface area (Å²) in [4.78, 5) is 25.8. The van der Waals surface area contributed by atoms with Crippen LogP contribution < -0.4 is 16.4 Å². The normalized spacial score (nSPS) is 21.1. The Balaban J connectivity index is 1.54. The zero-order chi connectivity index (χ0) is 23.8. The van der Waals surface area contributed by atoms with E-state index in [0.29, 0.717) is 44.2 Å². The minimum absolute atomic E-state index is 0.0854. The molecule has 0 saturated heterocycles. The van der Waals surface area contributed by atoms with Crippen LogP contribution in [0.25, 0.3) is 11.2 Å². The number of primary amides is 1. The van der Waals surface area contributed by atoms with Crippen LogP contribution in [-0.4, -0.2) is 31.5 Å². The molecule has 0 radical (unpaired) electrons. The van der Waals surface area contributed by atoms with E-state index in [1.54, 1.807) is 18.3 Å². The predicted molar refractivity (Wildman–Crippen MR) is 136 cm³/mol. The number of carbonyl (C=O) groups excluding carboxylic acids is 1. The van der Waals surface area contributed by atoms with E-state index in [-0.39, 0.29) is 17.9 Å². The van der Waals surface area contributed by atoms with Crippen LogP contribution in [0.5, 0.6) is 0 Å². The van der Waals surface area contributed by atoms with E-state index in [1.165, 1.54) is 12.8 Å². The Kier molecular flexibility index (Phi) is 6.73. The van der Waals surface area contributed by atoms with Gasteiger partial charge in [0.15, 0.2) is 5.65 Å². The Morgan fingerprint density at radius 3 is 2.32 bits per heavy atom. The first-order valence-corrected chi connectivity index (χ1v) is 12.7. The van der Waals surface area contributed by atoms with Crippen molar-refractivity contribution in [3.05, 3.63) is 33.4 Å². The van der Waals surface area contributed by atoms with Gasteiger partial charge < -0.3 is 16.4 Å². The van der Waals surface area contributed by atoms with Crippen LogP contribution in [0.1, 0.15) is 57.4 Å². The molecule has 0 unspecified atom stereocenters. The fraction of sp³-hybridized carbons (Fsp3) is 0.478. The number of carbonyl (C=O) groups is 1. The summed E-state index contributed by atoms with van der Waals surface area (Å²) < 4.78 is 2.08. The summed E-state index contributed by atoms with van der Waals surface area (Å²) in [5.41, 5.74) is 7.47. The van der Waals surface area contributed by atoms with Gasteiger partial charge in [0.25, 0.3) is 0 Å². The minimum Gasteiger partial charge on any atom is -0.369 e. The quantitative estimate of drug-likeness (QED) is 0.361. The number of amides is 1. The number of imidazole rings is 1. The van der Waals surface area contributed by atoms with Gasteiger partial charge in [0.2, 0.25) is 17.8 Å². The third kappa shape index (κ3) is 4.76. The molecule has 1 aromatic carbocycles. The Hall–Kier alpha value is -2.29. The third-order valence-corrected chi connectivity index (χ3v) is 7.64. The Bertz CT molecular complexity index is 1190. The predicted octanol–water partition coefficient (Wildman–Crippen LogP) is 6.10. The second kappa shape index (κ2) is 9.76. The van der Waals surface area contributed by atoms with Crippen molar-refractivity contribution in [2.24, 2.45) is 11.7 Å². The molecule has 5 rings (SSSR count). The number of fused-ring (bicyclic) bond motifs is 1. The maximum Gasteiger partial charge on any atom is 0.224 e. The van der Waals surface area contributed by atoms with Gasteiger partial charge >= 0.3 is 0 Å². The standard InChI is InChI=1S/C23H26Cl3N7O/c24-13-9-16(25)19(17(26)10-13)31-23-30-18-11-28-22(29-14-3-1-2-4-14)32-21(18)33(23)15-7-5-12(6-8-15)20(27)34/h9-12,14-15H,1-8H2,(H2,27,34)(H,30,31)(H,28,29,32)/t12-,15+. The van der Waals surface area contributed by atoms with Crippen LogP contribution in [0.4, 0.5) is 17.6 Å². The molecule has 2 aliphatic carbocycles. The van der Waals surface area contributed by atoms with Crippen LogP contribution in [0.3, 0.4) is 0 Å². The van der Waals surface area contributed by atoms with Gasteiger partial charge in [-0.2, -0.15) is 4.98 Å². The van der Waals surface area contributed by atoms with Gasteiger partial charge in [0.05, 0.1) is 21.9 Å². The van der Waals surface area contributed by atoms with Crippen molar-refractivity contribution in [2.45, 2.75) is 63.5 Å². The SMILES string of the molecule is NC(=O)[C@H]1CC[C@@H](n2c(Nc3c(Cl)cc(Cl)cc3Cl)nc3cnc(NC4CCCC4)nc32)CC1. The number of nitrogens with zero attached hydrogens (tertiary/aromatic N) is 4. The van der Waals surface area contributed by atoms with Crippen LogP contribution >= 0.6 is 34.8 Å². The first-order chi connectivity index (χ1) is 16.4. The van der Waals surface area contributed by atoms with Gasteiger partial charge in [0, 0.05) is 23.0 Å². The smallest absolute Gasteiger partial charge is 0.224 e. The van der Waals surface area contributed by atoms with Crippen molar-refractivity contribution in [3.63, 3.8) is 0 Å². The number of benzene rings is 1. The largest absolute Gasteiger partial charge is 0.369 e. The molecule has 3 aromatic rings. The number of halogens is 3. The molecule has 0 bridgehead atoms. The number of anilines is 3. The first kappa shape index (κ1) is 23.5. The monoisotopic (exact) mass is 521 g/mol. The lowest BCUT2D eigenvalue weighted by molar-refractivity contribution is -0.122. The topological polar surface area (TPSA) is 111 Å². The molecule has 2 fully saturated rings. The minimum atomic E-state index is -0.239. The average Bonchev–Trinajstić information content (AvgIpc) is 3.43. The number of rotatable bonds is 6. The maximum atomic E-state index is 11.7. The second-order valence-corrected chi connectivity index (χ2v) is 10.4. The molecule has 0 aliphatic heterocycles. The van der Waals surface area contributed by atoms with E-state index < -0.39 is 0 Å². The van der Waals surface area contributed by atoms with Crippen molar-refractivity contribution in [1.29, 1.82) is 0 Å². The van der Waals surface area contributed by atoms with Crippen LogP contribution in [0, 0.1) is 5.92 Å². The number of nitrogens with one attached hydrogen (secondary N) is 2. The molecule has 0 spiro atoms. The van der Waals surface area contributed by atoms with Crippen molar-refractivity contribution < 1.29 is 4.79 Å². The molecule has 11 heteroatoms. The lowest BCUT2D eigenvalue weighted by Gasteiger charge is -2.29. The van der Waals surface area contributed by atoms with Gasteiger partial charge in [0.1, 0.15) is 5.52 Å². The van der Waals surface area contributed by atoms with Crippen molar-refractivity contribution >= 4 is 69.5 Å². The molecule has 1 amide bonds. The van der Waals surface area contributed by atoms with E-state index >= 15 is 0 Å². The Labute approximate surface area is 212 Å². The summed E-state index contributed by atoms with van der Waals surface area (Å²) in [5.74, 6) is 0.825. The van der Waals surface area contributed by atoms with Gasteiger partial charge in [-0.1, -0.05) is 47.6 Å². The zero-order valence-electron chi connectivity index (χ0n) is 18.5. The van der Waals surface area contributed by atoms with E-state index in [9.17, 15) is 4.79 Å². The fourth-order valence-electron chi connectivity index (χ4n) is 5.04. The van der Waals surface area contributed by atoms with E-state index in [1.807, 2.05) is 0 Å². The highest BCUT2D eigenvalue weighted by Crippen LogP contribution is 2.40. The zero-order valence-corrected chi connectivity index (χ0v) is 20.8.